The highest BCUT2D eigenvalue weighted by atomic mass is 32.2. The second kappa shape index (κ2) is 10.2. The quantitative estimate of drug-likeness (QED) is 0.288. The zero-order valence-corrected chi connectivity index (χ0v) is 19.9. The fraction of sp³-hybridized carbons (Fsp3) is 0.0800. The molecule has 0 atom stereocenters. The molecule has 0 saturated heterocycles. The van der Waals surface area contributed by atoms with E-state index in [1.54, 1.807) is 43.7 Å². The lowest BCUT2D eigenvalue weighted by atomic mass is 10.1. The fourth-order valence-corrected chi connectivity index (χ4v) is 4.33. The van der Waals surface area contributed by atoms with Gasteiger partial charge in [0.25, 0.3) is 15.9 Å². The largest absolute Gasteiger partial charge is 0.497 e. The van der Waals surface area contributed by atoms with E-state index >= 15 is 0 Å². The van der Waals surface area contributed by atoms with Crippen LogP contribution in [0.15, 0.2) is 102 Å². The van der Waals surface area contributed by atoms with E-state index in [0.29, 0.717) is 17.1 Å². The van der Waals surface area contributed by atoms with Crippen molar-refractivity contribution < 1.29 is 17.9 Å². The van der Waals surface area contributed by atoms with Crippen molar-refractivity contribution in [2.75, 3.05) is 11.8 Å². The number of hydrogen-bond donors (Lipinski definition) is 2. The standard InChI is InChI=1S/C25H23N5O4S/c1-18(19-6-10-22(11-7-19)30-15-14-26-17-30)27-28-25(31)20-4-3-5-24(16-20)35(32,33)29-21-8-12-23(34-2)13-9-21/h3-17,29H,1-2H3,(H,28,31)/b27-18-. The van der Waals surface area contributed by atoms with Crippen LogP contribution in [0.5, 0.6) is 5.75 Å². The van der Waals surface area contributed by atoms with Crippen molar-refractivity contribution in [2.24, 2.45) is 5.10 Å². The molecule has 2 N–H and O–H groups in total. The van der Waals surface area contributed by atoms with E-state index < -0.39 is 15.9 Å². The van der Waals surface area contributed by atoms with Crippen molar-refractivity contribution in [2.45, 2.75) is 11.8 Å². The van der Waals surface area contributed by atoms with Gasteiger partial charge in [-0.3, -0.25) is 9.52 Å². The molecular formula is C25H23N5O4S. The predicted octanol–water partition coefficient (Wildman–Crippen LogP) is 3.84. The number of anilines is 1. The monoisotopic (exact) mass is 489 g/mol. The number of benzene rings is 3. The molecule has 4 rings (SSSR count). The van der Waals surface area contributed by atoms with Crippen LogP contribution in [0.1, 0.15) is 22.8 Å². The van der Waals surface area contributed by atoms with Crippen LogP contribution in [0, 0.1) is 0 Å². The number of sulfonamides is 1. The molecule has 0 spiro atoms. The third-order valence-corrected chi connectivity index (χ3v) is 6.54. The number of methoxy groups -OCH3 is 1. The van der Waals surface area contributed by atoms with E-state index in [2.05, 4.69) is 20.2 Å². The number of aromatic nitrogens is 2. The maximum atomic E-state index is 12.8. The Morgan fingerprint density at radius 2 is 1.74 bits per heavy atom. The van der Waals surface area contributed by atoms with Gasteiger partial charge >= 0.3 is 0 Å². The molecule has 1 heterocycles. The van der Waals surface area contributed by atoms with Gasteiger partial charge in [0.15, 0.2) is 0 Å². The summed E-state index contributed by atoms with van der Waals surface area (Å²) in [6.07, 6.45) is 5.25. The average Bonchev–Trinajstić information content (AvgIpc) is 3.43. The van der Waals surface area contributed by atoms with E-state index in [4.69, 9.17) is 4.74 Å². The summed E-state index contributed by atoms with van der Waals surface area (Å²) >= 11 is 0. The number of nitrogens with one attached hydrogen (secondary N) is 2. The summed E-state index contributed by atoms with van der Waals surface area (Å²) in [6.45, 7) is 1.77. The molecule has 10 heteroatoms. The molecule has 178 valence electrons. The van der Waals surface area contributed by atoms with Gasteiger partial charge in [0, 0.05) is 29.3 Å². The van der Waals surface area contributed by atoms with Crippen molar-refractivity contribution in [1.29, 1.82) is 0 Å². The Hall–Kier alpha value is -4.44. The third kappa shape index (κ3) is 5.74. The summed E-state index contributed by atoms with van der Waals surface area (Å²) in [4.78, 5) is 16.6. The Bertz CT molecular complexity index is 1450. The highest BCUT2D eigenvalue weighted by Crippen LogP contribution is 2.20. The Morgan fingerprint density at radius 1 is 1.00 bits per heavy atom. The molecule has 3 aromatic carbocycles. The smallest absolute Gasteiger partial charge is 0.271 e. The van der Waals surface area contributed by atoms with Gasteiger partial charge in [-0.25, -0.2) is 18.8 Å². The van der Waals surface area contributed by atoms with Gasteiger partial charge in [-0.15, -0.1) is 0 Å². The Balaban J connectivity index is 1.44. The minimum absolute atomic E-state index is 0.0447. The number of hydrogen-bond acceptors (Lipinski definition) is 6. The van der Waals surface area contributed by atoms with Crippen LogP contribution < -0.4 is 14.9 Å². The number of imidazole rings is 1. The summed E-state index contributed by atoms with van der Waals surface area (Å²) in [5, 5.41) is 4.16. The van der Waals surface area contributed by atoms with Crippen LogP contribution in [0.4, 0.5) is 5.69 Å². The highest BCUT2D eigenvalue weighted by Gasteiger charge is 2.17. The first-order valence-electron chi connectivity index (χ1n) is 10.6. The Morgan fingerprint density at radius 3 is 2.40 bits per heavy atom. The Kier molecular flexibility index (Phi) is 6.93. The number of rotatable bonds is 8. The van der Waals surface area contributed by atoms with Gasteiger partial charge < -0.3 is 9.30 Å². The van der Waals surface area contributed by atoms with Crippen LogP contribution in [-0.2, 0) is 10.0 Å². The predicted molar refractivity (Wildman–Crippen MR) is 133 cm³/mol. The highest BCUT2D eigenvalue weighted by molar-refractivity contribution is 7.92. The number of carbonyl (C=O) groups is 1. The van der Waals surface area contributed by atoms with Gasteiger partial charge in [-0.05, 0) is 67.1 Å². The minimum atomic E-state index is -3.90. The maximum Gasteiger partial charge on any atom is 0.271 e. The Labute approximate surface area is 203 Å². The number of hydrazone groups is 1. The van der Waals surface area contributed by atoms with E-state index in [0.717, 1.165) is 11.3 Å². The van der Waals surface area contributed by atoms with Crippen molar-refractivity contribution in [3.63, 3.8) is 0 Å². The van der Waals surface area contributed by atoms with Gasteiger partial charge in [0.2, 0.25) is 0 Å². The van der Waals surface area contributed by atoms with Crippen LogP contribution in [0.25, 0.3) is 5.69 Å². The molecule has 9 nitrogen and oxygen atoms in total. The van der Waals surface area contributed by atoms with Crippen LogP contribution in [0.3, 0.4) is 0 Å². The van der Waals surface area contributed by atoms with Crippen LogP contribution >= 0.6 is 0 Å². The number of carbonyl (C=O) groups excluding carboxylic acids is 1. The maximum absolute atomic E-state index is 12.8. The molecule has 0 bridgehead atoms. The topological polar surface area (TPSA) is 115 Å². The van der Waals surface area contributed by atoms with E-state index in [1.807, 2.05) is 35.0 Å². The summed E-state index contributed by atoms with van der Waals surface area (Å²) in [5.74, 6) is 0.0810. The zero-order valence-electron chi connectivity index (χ0n) is 19.0. The molecule has 0 aliphatic heterocycles. The average molecular weight is 490 g/mol. The molecule has 35 heavy (non-hydrogen) atoms. The molecule has 0 aliphatic carbocycles. The van der Waals surface area contributed by atoms with Gasteiger partial charge in [-0.1, -0.05) is 18.2 Å². The molecule has 0 fully saturated rings. The number of ether oxygens (including phenoxy) is 1. The summed E-state index contributed by atoms with van der Waals surface area (Å²) in [5.41, 5.74) is 5.40. The molecule has 4 aromatic rings. The normalized spacial score (nSPS) is 11.7. The number of amides is 1. The molecule has 0 saturated carbocycles. The summed E-state index contributed by atoms with van der Waals surface area (Å²) < 4.78 is 35.0. The summed E-state index contributed by atoms with van der Waals surface area (Å²) in [7, 11) is -2.37. The molecular weight excluding hydrogens is 466 g/mol. The van der Waals surface area contributed by atoms with Crippen molar-refractivity contribution in [3.05, 3.63) is 103 Å². The van der Waals surface area contributed by atoms with E-state index in [-0.39, 0.29) is 10.5 Å². The first-order chi connectivity index (χ1) is 16.9. The SMILES string of the molecule is COc1ccc(NS(=O)(=O)c2cccc(C(=O)N/N=C(/C)c3ccc(-n4ccnc4)cc3)c2)cc1. The second-order valence-corrected chi connectivity index (χ2v) is 9.20. The van der Waals surface area contributed by atoms with E-state index in [1.165, 1.54) is 31.4 Å². The third-order valence-electron chi connectivity index (χ3n) is 5.16. The van der Waals surface area contributed by atoms with Crippen molar-refractivity contribution in [3.8, 4) is 11.4 Å². The first kappa shape index (κ1) is 23.7. The van der Waals surface area contributed by atoms with Crippen LogP contribution in [-0.4, -0.2) is 36.7 Å². The van der Waals surface area contributed by atoms with Gasteiger partial charge in [-0.2, -0.15) is 5.10 Å². The molecule has 1 amide bonds. The van der Waals surface area contributed by atoms with Crippen LogP contribution in [0.2, 0.25) is 0 Å². The fourth-order valence-electron chi connectivity index (χ4n) is 3.23. The lowest BCUT2D eigenvalue weighted by molar-refractivity contribution is 0.0954. The first-order valence-corrected chi connectivity index (χ1v) is 12.0. The minimum Gasteiger partial charge on any atom is -0.497 e. The molecule has 1 aromatic heterocycles. The molecule has 0 unspecified atom stereocenters. The van der Waals surface area contributed by atoms with Gasteiger partial charge in [0.1, 0.15) is 5.75 Å². The van der Waals surface area contributed by atoms with Gasteiger partial charge in [0.05, 0.1) is 24.0 Å². The van der Waals surface area contributed by atoms with Crippen molar-refractivity contribution in [1.82, 2.24) is 15.0 Å². The zero-order chi connectivity index (χ0) is 24.8. The van der Waals surface area contributed by atoms with E-state index in [9.17, 15) is 13.2 Å². The summed E-state index contributed by atoms with van der Waals surface area (Å²) in [6, 6.07) is 19.8. The lowest BCUT2D eigenvalue weighted by Crippen LogP contribution is -2.20. The molecule has 0 aliphatic rings. The second-order valence-electron chi connectivity index (χ2n) is 7.52. The van der Waals surface area contributed by atoms with Crippen molar-refractivity contribution >= 4 is 27.3 Å². The number of nitrogens with zero attached hydrogens (tertiary/aromatic N) is 3. The molecule has 0 radical (unpaired) electrons. The lowest BCUT2D eigenvalue weighted by Gasteiger charge is -2.10.